The summed E-state index contributed by atoms with van der Waals surface area (Å²) in [6.07, 6.45) is 6.51. The molecule has 0 radical (unpaired) electrons. The molecule has 4 nitrogen and oxygen atoms in total. The number of hydrogen-bond acceptors (Lipinski definition) is 4. The highest BCUT2D eigenvalue weighted by atomic mass is 16.3. The number of para-hydroxylation sites is 1. The fraction of sp³-hybridized carbons (Fsp3) is 0.0339. The van der Waals surface area contributed by atoms with Gasteiger partial charge < -0.3 is 4.42 Å². The van der Waals surface area contributed by atoms with Crippen LogP contribution in [0.25, 0.3) is 95.1 Å². The van der Waals surface area contributed by atoms with Gasteiger partial charge in [0.05, 0.1) is 5.41 Å². The maximum Gasteiger partial charge on any atom is 0.164 e. The molecule has 10 aromatic rings. The van der Waals surface area contributed by atoms with Gasteiger partial charge in [-0.25, -0.2) is 15.0 Å². The Kier molecular flexibility index (Phi) is 8.41. The van der Waals surface area contributed by atoms with E-state index in [1.54, 1.807) is 0 Å². The molecular weight excluding hydrogens is 767 g/mol. The maximum atomic E-state index is 6.29. The summed E-state index contributed by atoms with van der Waals surface area (Å²) in [6, 6.07) is 66.3. The molecular formula is C59H39N3O. The minimum absolute atomic E-state index is 0.464. The van der Waals surface area contributed by atoms with Crippen molar-refractivity contribution < 1.29 is 4.42 Å². The van der Waals surface area contributed by atoms with Crippen LogP contribution >= 0.6 is 0 Å². The monoisotopic (exact) mass is 805 g/mol. The van der Waals surface area contributed by atoms with Crippen LogP contribution in [0.2, 0.25) is 0 Å². The number of furan rings is 1. The van der Waals surface area contributed by atoms with E-state index in [0.29, 0.717) is 17.5 Å². The van der Waals surface area contributed by atoms with Crippen LogP contribution in [-0.4, -0.2) is 15.0 Å². The molecule has 2 aliphatic carbocycles. The van der Waals surface area contributed by atoms with Gasteiger partial charge in [0.15, 0.2) is 17.5 Å². The van der Waals surface area contributed by atoms with Crippen molar-refractivity contribution in [2.24, 2.45) is 0 Å². The lowest BCUT2D eigenvalue weighted by Gasteiger charge is -2.31. The fourth-order valence-electron chi connectivity index (χ4n) is 10.3. The van der Waals surface area contributed by atoms with Crippen LogP contribution in [0.15, 0.2) is 223 Å². The predicted octanol–water partition coefficient (Wildman–Crippen LogP) is 15.0. The summed E-state index contributed by atoms with van der Waals surface area (Å²) in [5.74, 6) is 1.79. The van der Waals surface area contributed by atoms with Crippen molar-refractivity contribution in [1.82, 2.24) is 15.0 Å². The van der Waals surface area contributed by atoms with Crippen molar-refractivity contribution in [3.8, 4) is 67.5 Å². The molecule has 0 atom stereocenters. The van der Waals surface area contributed by atoms with E-state index in [4.69, 9.17) is 19.4 Å². The number of nitrogens with zero attached hydrogens (tertiary/aromatic N) is 3. The molecule has 1 spiro atoms. The minimum atomic E-state index is -0.464. The van der Waals surface area contributed by atoms with Crippen molar-refractivity contribution in [2.45, 2.75) is 12.3 Å². The highest BCUT2D eigenvalue weighted by Gasteiger charge is 2.52. The van der Waals surface area contributed by atoms with Gasteiger partial charge in [-0.05, 0) is 91.9 Å². The summed E-state index contributed by atoms with van der Waals surface area (Å²) < 4.78 is 6.29. The van der Waals surface area contributed by atoms with Gasteiger partial charge in [0.25, 0.3) is 0 Å². The van der Waals surface area contributed by atoms with E-state index in [2.05, 4.69) is 159 Å². The summed E-state index contributed by atoms with van der Waals surface area (Å²) in [6.45, 7) is 6.56. The van der Waals surface area contributed by atoms with Crippen LogP contribution in [0.3, 0.4) is 0 Å². The van der Waals surface area contributed by atoms with Gasteiger partial charge in [-0.15, -0.1) is 0 Å². The summed E-state index contributed by atoms with van der Waals surface area (Å²) in [5, 5.41) is 2.15. The Bertz CT molecular complexity index is 3490. The number of rotatable bonds is 7. The first-order valence-electron chi connectivity index (χ1n) is 21.4. The molecule has 2 heterocycles. The third-order valence-corrected chi connectivity index (χ3v) is 12.9. The Hall–Kier alpha value is -8.21. The predicted molar refractivity (Wildman–Crippen MR) is 258 cm³/mol. The normalized spacial score (nSPS) is 13.5. The van der Waals surface area contributed by atoms with E-state index in [9.17, 15) is 0 Å². The van der Waals surface area contributed by atoms with Gasteiger partial charge in [-0.3, -0.25) is 0 Å². The van der Waals surface area contributed by atoms with Gasteiger partial charge in [0, 0.05) is 27.5 Å². The first-order valence-corrected chi connectivity index (χ1v) is 21.4. The average Bonchev–Trinajstić information content (AvgIpc) is 3.97. The molecule has 12 rings (SSSR count). The number of fused-ring (bicyclic) bond motifs is 10. The molecule has 2 aliphatic rings. The Morgan fingerprint density at radius 1 is 0.444 bits per heavy atom. The van der Waals surface area contributed by atoms with E-state index < -0.39 is 5.41 Å². The summed E-state index contributed by atoms with van der Waals surface area (Å²) in [4.78, 5) is 15.3. The summed E-state index contributed by atoms with van der Waals surface area (Å²) >= 11 is 0. The van der Waals surface area contributed by atoms with E-state index in [-0.39, 0.29) is 0 Å². The van der Waals surface area contributed by atoms with Crippen LogP contribution in [0.5, 0.6) is 0 Å². The van der Waals surface area contributed by atoms with Gasteiger partial charge in [0.1, 0.15) is 11.2 Å². The maximum absolute atomic E-state index is 6.29. The second-order valence-corrected chi connectivity index (χ2v) is 16.2. The lowest BCUT2D eigenvalue weighted by atomic mass is 9.69. The molecule has 0 aliphatic heterocycles. The lowest BCUT2D eigenvalue weighted by molar-refractivity contribution is 0.669. The first-order chi connectivity index (χ1) is 31.1. The van der Waals surface area contributed by atoms with Gasteiger partial charge >= 0.3 is 0 Å². The van der Waals surface area contributed by atoms with Gasteiger partial charge in [-0.1, -0.05) is 195 Å². The van der Waals surface area contributed by atoms with Crippen molar-refractivity contribution >= 4 is 27.5 Å². The average molecular weight is 806 g/mol. The largest absolute Gasteiger partial charge is 0.456 e. The van der Waals surface area contributed by atoms with Crippen LogP contribution in [0, 0.1) is 0 Å². The molecule has 0 saturated carbocycles. The van der Waals surface area contributed by atoms with Crippen molar-refractivity contribution in [1.29, 1.82) is 0 Å². The molecule has 2 aromatic heterocycles. The Morgan fingerprint density at radius 3 is 1.70 bits per heavy atom. The number of hydrogen-bond donors (Lipinski definition) is 0. The molecule has 0 fully saturated rings. The smallest absolute Gasteiger partial charge is 0.164 e. The zero-order valence-electron chi connectivity index (χ0n) is 34.6. The molecule has 0 saturated heterocycles. The number of aromatic nitrogens is 3. The third kappa shape index (κ3) is 5.51. The van der Waals surface area contributed by atoms with E-state index in [1.165, 1.54) is 50.1 Å². The molecule has 63 heavy (non-hydrogen) atoms. The standard InChI is InChI=1S/C59H39N3O/c1-3-17-48-49(4-2)59(50-26-13-10-21-43(50)44-22-11-14-27-51(44)59)52-28-16-25-42(55(48)52)38-32-30-37(31-33-38)41-20-8-9-24-47(41)58-61-56(39-18-6-5-7-19-39)60-57(62-58)40-34-35-46-45-23-12-15-29-53(45)63-54(46)36-40/h3-36H,2H2,1H3/b17-3-. The number of allylic oxidation sites excluding steroid dienone is 5. The minimum Gasteiger partial charge on any atom is -0.456 e. The zero-order chi connectivity index (χ0) is 42.1. The van der Waals surface area contributed by atoms with E-state index in [0.717, 1.165) is 55.3 Å². The van der Waals surface area contributed by atoms with Crippen LogP contribution < -0.4 is 0 Å². The summed E-state index contributed by atoms with van der Waals surface area (Å²) in [7, 11) is 0. The Morgan fingerprint density at radius 2 is 0.984 bits per heavy atom. The van der Waals surface area contributed by atoms with Crippen LogP contribution in [0.4, 0.5) is 0 Å². The van der Waals surface area contributed by atoms with Crippen molar-refractivity contribution in [2.75, 3.05) is 0 Å². The van der Waals surface area contributed by atoms with E-state index >= 15 is 0 Å². The molecule has 4 heteroatoms. The topological polar surface area (TPSA) is 51.8 Å². The van der Waals surface area contributed by atoms with Gasteiger partial charge in [0.2, 0.25) is 0 Å². The highest BCUT2D eigenvalue weighted by molar-refractivity contribution is 6.06. The lowest BCUT2D eigenvalue weighted by Crippen LogP contribution is -2.26. The van der Waals surface area contributed by atoms with Gasteiger partial charge in [-0.2, -0.15) is 0 Å². The van der Waals surface area contributed by atoms with Crippen LogP contribution in [-0.2, 0) is 5.41 Å². The SMILES string of the molecule is C=CC1=C(/C=C\C)c2c(-c3ccc(-c4ccccc4-c4nc(-c5ccccc5)nc(-c5ccc6c(c5)oc5ccccc56)n4)cc3)cccc2C12c1ccccc1-c1ccccc12. The third-order valence-electron chi connectivity index (χ3n) is 12.9. The Labute approximate surface area is 365 Å². The molecule has 296 valence electrons. The second kappa shape index (κ2) is 14.5. The Balaban J connectivity index is 0.982. The van der Waals surface area contributed by atoms with Crippen molar-refractivity contribution in [3.05, 3.63) is 241 Å². The summed E-state index contributed by atoms with van der Waals surface area (Å²) in [5.41, 5.74) is 18.4. The zero-order valence-corrected chi connectivity index (χ0v) is 34.6. The molecule has 0 unspecified atom stereocenters. The van der Waals surface area contributed by atoms with Crippen LogP contribution in [0.1, 0.15) is 29.2 Å². The van der Waals surface area contributed by atoms with Crippen molar-refractivity contribution in [3.63, 3.8) is 0 Å². The highest BCUT2D eigenvalue weighted by Crippen LogP contribution is 2.63. The molecule has 0 bridgehead atoms. The number of benzene rings is 8. The molecule has 0 N–H and O–H groups in total. The first kappa shape index (κ1) is 36.6. The quantitative estimate of drug-likeness (QED) is 0.161. The molecule has 0 amide bonds. The second-order valence-electron chi connectivity index (χ2n) is 16.2. The fourth-order valence-corrected chi connectivity index (χ4v) is 10.3. The molecule has 8 aromatic carbocycles. The van der Waals surface area contributed by atoms with E-state index in [1.807, 2.05) is 60.7 Å².